The number of nitrogens with zero attached hydrogens (tertiary/aromatic N) is 6. The standard InChI is InChI=1S/C21H36N6O/c1-6-7-11-27-20-18(17(24-27)12-16(2)3)19(22-15-23-20)26-10-8-9-21(28,14-26)13-25(4)5/h15-16,28H,6-14H2,1-5H3. The van der Waals surface area contributed by atoms with Crippen LogP contribution < -0.4 is 4.90 Å². The van der Waals surface area contributed by atoms with Crippen molar-refractivity contribution in [3.63, 3.8) is 0 Å². The van der Waals surface area contributed by atoms with Gasteiger partial charge in [0.25, 0.3) is 0 Å². The molecule has 0 spiro atoms. The summed E-state index contributed by atoms with van der Waals surface area (Å²) in [5.74, 6) is 1.44. The molecule has 1 N–H and O–H groups in total. The highest BCUT2D eigenvalue weighted by Gasteiger charge is 2.35. The Morgan fingerprint density at radius 3 is 2.75 bits per heavy atom. The minimum Gasteiger partial charge on any atom is -0.387 e. The number of hydrogen-bond acceptors (Lipinski definition) is 6. The SMILES string of the molecule is CCCCn1nc(CC(C)C)c2c(N3CCCC(O)(CN(C)C)C3)ncnc21. The van der Waals surface area contributed by atoms with E-state index in [1.54, 1.807) is 6.33 Å². The first-order valence-corrected chi connectivity index (χ1v) is 10.7. The molecule has 28 heavy (non-hydrogen) atoms. The Labute approximate surface area is 168 Å². The van der Waals surface area contributed by atoms with Gasteiger partial charge in [-0.1, -0.05) is 27.2 Å². The third kappa shape index (κ3) is 4.63. The van der Waals surface area contributed by atoms with E-state index < -0.39 is 5.60 Å². The van der Waals surface area contributed by atoms with Crippen LogP contribution in [0.5, 0.6) is 0 Å². The van der Waals surface area contributed by atoms with E-state index in [1.807, 2.05) is 14.1 Å². The molecule has 3 rings (SSSR count). The van der Waals surface area contributed by atoms with E-state index in [9.17, 15) is 5.11 Å². The van der Waals surface area contributed by atoms with Crippen molar-refractivity contribution in [3.8, 4) is 0 Å². The Morgan fingerprint density at radius 1 is 1.29 bits per heavy atom. The Morgan fingerprint density at radius 2 is 2.07 bits per heavy atom. The quantitative estimate of drug-likeness (QED) is 0.750. The molecular weight excluding hydrogens is 352 g/mol. The first kappa shape index (κ1) is 21.0. The molecule has 0 bridgehead atoms. The minimum absolute atomic E-state index is 0.512. The Balaban J connectivity index is 2.01. The van der Waals surface area contributed by atoms with Gasteiger partial charge in [0.2, 0.25) is 0 Å². The predicted molar refractivity (Wildman–Crippen MR) is 114 cm³/mol. The average Bonchev–Trinajstić information content (AvgIpc) is 2.96. The van der Waals surface area contributed by atoms with Gasteiger partial charge in [-0.15, -0.1) is 0 Å². The molecule has 156 valence electrons. The fraction of sp³-hybridized carbons (Fsp3) is 0.762. The summed E-state index contributed by atoms with van der Waals surface area (Å²) in [6, 6.07) is 0. The van der Waals surface area contributed by atoms with Crippen LogP contribution in [0, 0.1) is 5.92 Å². The number of aliphatic hydroxyl groups is 1. The molecule has 7 heteroatoms. The van der Waals surface area contributed by atoms with E-state index in [1.165, 1.54) is 0 Å². The summed E-state index contributed by atoms with van der Waals surface area (Å²) < 4.78 is 2.05. The van der Waals surface area contributed by atoms with E-state index in [0.717, 1.165) is 67.7 Å². The van der Waals surface area contributed by atoms with Crippen LogP contribution in [0.2, 0.25) is 0 Å². The highest BCUT2D eigenvalue weighted by atomic mass is 16.3. The van der Waals surface area contributed by atoms with Crippen molar-refractivity contribution in [2.45, 2.75) is 65.0 Å². The number of aryl methyl sites for hydroxylation is 1. The summed E-state index contributed by atoms with van der Waals surface area (Å²) in [6.45, 7) is 9.68. The second-order valence-corrected chi connectivity index (χ2v) is 9.00. The summed E-state index contributed by atoms with van der Waals surface area (Å²) in [5, 5.41) is 17.1. The van der Waals surface area contributed by atoms with E-state index in [0.29, 0.717) is 19.0 Å². The molecule has 2 aromatic rings. The molecular formula is C21H36N6O. The molecule has 0 radical (unpaired) electrons. The summed E-state index contributed by atoms with van der Waals surface area (Å²) in [5.41, 5.74) is 1.30. The summed E-state index contributed by atoms with van der Waals surface area (Å²) in [7, 11) is 4.02. The molecule has 1 fully saturated rings. The van der Waals surface area contributed by atoms with Gasteiger partial charge in [-0.05, 0) is 45.7 Å². The molecule has 0 aliphatic carbocycles. The van der Waals surface area contributed by atoms with E-state index in [4.69, 9.17) is 5.10 Å². The Hall–Kier alpha value is -1.73. The van der Waals surface area contributed by atoms with Gasteiger partial charge in [0.05, 0.1) is 16.7 Å². The lowest BCUT2D eigenvalue weighted by Crippen LogP contribution is -2.53. The molecule has 1 aliphatic rings. The molecule has 0 aromatic carbocycles. The maximum atomic E-state index is 11.1. The minimum atomic E-state index is -0.713. The summed E-state index contributed by atoms with van der Waals surface area (Å²) >= 11 is 0. The zero-order chi connectivity index (χ0) is 20.3. The third-order valence-corrected chi connectivity index (χ3v) is 5.37. The second-order valence-electron chi connectivity index (χ2n) is 9.00. The van der Waals surface area contributed by atoms with Crippen LogP contribution in [0.25, 0.3) is 11.0 Å². The van der Waals surface area contributed by atoms with Crippen LogP contribution in [0.15, 0.2) is 6.33 Å². The number of piperidine rings is 1. The number of β-amino-alcohol motifs (C(OH)–C–C–N with tert-alkyl or cyclic N) is 1. The van der Waals surface area contributed by atoms with E-state index >= 15 is 0 Å². The van der Waals surface area contributed by atoms with Crippen molar-refractivity contribution < 1.29 is 5.11 Å². The van der Waals surface area contributed by atoms with E-state index in [-0.39, 0.29) is 0 Å². The maximum Gasteiger partial charge on any atom is 0.163 e. The number of aromatic nitrogens is 4. The molecule has 7 nitrogen and oxygen atoms in total. The fourth-order valence-electron chi connectivity index (χ4n) is 4.31. The molecule has 0 amide bonds. The topological polar surface area (TPSA) is 70.3 Å². The van der Waals surface area contributed by atoms with Gasteiger partial charge in [0, 0.05) is 26.2 Å². The Kier molecular flexibility index (Phi) is 6.55. The number of fused-ring (bicyclic) bond motifs is 1. The van der Waals surface area contributed by atoms with Gasteiger partial charge < -0.3 is 14.9 Å². The number of rotatable bonds is 8. The van der Waals surface area contributed by atoms with Gasteiger partial charge in [0.15, 0.2) is 5.65 Å². The van der Waals surface area contributed by atoms with Crippen LogP contribution in [0.1, 0.15) is 52.1 Å². The van der Waals surface area contributed by atoms with Gasteiger partial charge in [-0.2, -0.15) is 5.10 Å². The largest absolute Gasteiger partial charge is 0.387 e. The Bertz CT molecular complexity index is 787. The van der Waals surface area contributed by atoms with Crippen molar-refractivity contribution in [2.24, 2.45) is 5.92 Å². The fourth-order valence-corrected chi connectivity index (χ4v) is 4.31. The predicted octanol–water partition coefficient (Wildman–Crippen LogP) is 2.72. The van der Waals surface area contributed by atoms with Gasteiger partial charge in [-0.3, -0.25) is 0 Å². The lowest BCUT2D eigenvalue weighted by atomic mass is 9.92. The monoisotopic (exact) mass is 388 g/mol. The normalized spacial score (nSPS) is 20.6. The molecule has 1 atom stereocenters. The first-order chi connectivity index (χ1) is 13.3. The van der Waals surface area contributed by atoms with Gasteiger partial charge in [-0.25, -0.2) is 14.6 Å². The first-order valence-electron chi connectivity index (χ1n) is 10.7. The van der Waals surface area contributed by atoms with Gasteiger partial charge >= 0.3 is 0 Å². The van der Waals surface area contributed by atoms with Crippen molar-refractivity contribution in [1.82, 2.24) is 24.6 Å². The van der Waals surface area contributed by atoms with Crippen LogP contribution in [-0.4, -0.2) is 69.1 Å². The highest BCUT2D eigenvalue weighted by Crippen LogP contribution is 2.32. The zero-order valence-electron chi connectivity index (χ0n) is 18.1. The molecule has 2 aromatic heterocycles. The van der Waals surface area contributed by atoms with Crippen LogP contribution >= 0.6 is 0 Å². The van der Waals surface area contributed by atoms with Crippen LogP contribution in [-0.2, 0) is 13.0 Å². The van der Waals surface area contributed by atoms with Gasteiger partial charge in [0.1, 0.15) is 12.1 Å². The summed E-state index contributed by atoms with van der Waals surface area (Å²) in [4.78, 5) is 13.6. The molecule has 3 heterocycles. The lowest BCUT2D eigenvalue weighted by molar-refractivity contribution is 0.00358. The second kappa shape index (κ2) is 8.74. The third-order valence-electron chi connectivity index (χ3n) is 5.37. The van der Waals surface area contributed by atoms with Crippen molar-refractivity contribution in [1.29, 1.82) is 0 Å². The molecule has 1 saturated heterocycles. The number of anilines is 1. The highest BCUT2D eigenvalue weighted by molar-refractivity contribution is 5.90. The molecule has 0 saturated carbocycles. The van der Waals surface area contributed by atoms with Crippen molar-refractivity contribution >= 4 is 16.9 Å². The number of hydrogen-bond donors (Lipinski definition) is 1. The number of likely N-dealkylation sites (N-methyl/N-ethyl adjacent to an activating group) is 1. The van der Waals surface area contributed by atoms with E-state index in [2.05, 4.69) is 45.2 Å². The smallest absolute Gasteiger partial charge is 0.163 e. The maximum absolute atomic E-state index is 11.1. The van der Waals surface area contributed by atoms with Crippen molar-refractivity contribution in [2.75, 3.05) is 38.6 Å². The molecule has 1 unspecified atom stereocenters. The lowest BCUT2D eigenvalue weighted by Gasteiger charge is -2.41. The summed E-state index contributed by atoms with van der Waals surface area (Å²) in [6.07, 6.45) is 6.56. The number of unbranched alkanes of at least 4 members (excludes halogenated alkanes) is 1. The average molecular weight is 389 g/mol. The van der Waals surface area contributed by atoms with Crippen LogP contribution in [0.3, 0.4) is 0 Å². The zero-order valence-corrected chi connectivity index (χ0v) is 18.1. The molecule has 1 aliphatic heterocycles. The van der Waals surface area contributed by atoms with Crippen LogP contribution in [0.4, 0.5) is 5.82 Å². The van der Waals surface area contributed by atoms with Crippen molar-refractivity contribution in [3.05, 3.63) is 12.0 Å².